The summed E-state index contributed by atoms with van der Waals surface area (Å²) in [5.74, 6) is -0.358. The topological polar surface area (TPSA) is 83.4 Å². The van der Waals surface area contributed by atoms with Gasteiger partial charge in [0, 0.05) is 32.5 Å². The maximum atomic E-state index is 11.8. The fraction of sp³-hybridized carbons (Fsp3) is 0.714. The molecule has 6 heteroatoms. The third kappa shape index (κ3) is 4.51. The van der Waals surface area contributed by atoms with Crippen LogP contribution < -0.4 is 10.6 Å². The van der Waals surface area contributed by atoms with Crippen LogP contribution in [0.2, 0.25) is 0 Å². The van der Waals surface area contributed by atoms with Gasteiger partial charge in [0.25, 0.3) is 5.91 Å². The molecule has 2 saturated heterocycles. The number of carbonyl (C=O) groups is 1. The number of nitriles is 1. The van der Waals surface area contributed by atoms with Gasteiger partial charge in [0.1, 0.15) is 11.6 Å². The standard InChI is InChI=1S/C14H21N3O3/c15-7-11(8-16-9-12-3-1-5-19-12)14(18)17-10-13-4-2-6-20-13/h8,12-13,16H,1-6,9-10H2,(H,17,18)/b11-8-. The predicted molar refractivity (Wildman–Crippen MR) is 72.7 cm³/mol. The number of rotatable bonds is 6. The fourth-order valence-electron chi connectivity index (χ4n) is 2.35. The van der Waals surface area contributed by atoms with Gasteiger partial charge in [-0.15, -0.1) is 0 Å². The van der Waals surface area contributed by atoms with E-state index in [4.69, 9.17) is 14.7 Å². The number of hydrogen-bond donors (Lipinski definition) is 2. The molecule has 20 heavy (non-hydrogen) atoms. The molecule has 110 valence electrons. The van der Waals surface area contributed by atoms with Crippen LogP contribution in [0.3, 0.4) is 0 Å². The number of nitrogens with zero attached hydrogens (tertiary/aromatic N) is 1. The van der Waals surface area contributed by atoms with Crippen molar-refractivity contribution in [2.75, 3.05) is 26.3 Å². The van der Waals surface area contributed by atoms with Crippen molar-refractivity contribution in [1.29, 1.82) is 5.26 Å². The Morgan fingerprint density at radius 3 is 2.40 bits per heavy atom. The van der Waals surface area contributed by atoms with Crippen molar-refractivity contribution in [1.82, 2.24) is 10.6 Å². The third-order valence-corrected chi connectivity index (χ3v) is 3.50. The quantitative estimate of drug-likeness (QED) is 0.545. The predicted octanol–water partition coefficient (Wildman–Crippen LogP) is 0.458. The summed E-state index contributed by atoms with van der Waals surface area (Å²) in [6.07, 6.45) is 5.82. The van der Waals surface area contributed by atoms with Crippen molar-refractivity contribution in [2.24, 2.45) is 0 Å². The van der Waals surface area contributed by atoms with E-state index in [2.05, 4.69) is 10.6 Å². The number of ether oxygens (including phenoxy) is 2. The molecule has 2 fully saturated rings. The van der Waals surface area contributed by atoms with Crippen LogP contribution in [0.15, 0.2) is 11.8 Å². The Hall–Kier alpha value is -1.58. The molecular weight excluding hydrogens is 258 g/mol. The number of nitrogens with one attached hydrogen (secondary N) is 2. The monoisotopic (exact) mass is 279 g/mol. The van der Waals surface area contributed by atoms with Gasteiger partial charge in [-0.1, -0.05) is 0 Å². The zero-order chi connectivity index (χ0) is 14.2. The lowest BCUT2D eigenvalue weighted by atomic mass is 10.2. The molecule has 1 amide bonds. The molecule has 0 saturated carbocycles. The first-order valence-electron chi connectivity index (χ1n) is 7.14. The Labute approximate surface area is 119 Å². The van der Waals surface area contributed by atoms with Crippen molar-refractivity contribution in [3.05, 3.63) is 11.8 Å². The Morgan fingerprint density at radius 2 is 1.85 bits per heavy atom. The molecular formula is C14H21N3O3. The van der Waals surface area contributed by atoms with E-state index in [-0.39, 0.29) is 23.7 Å². The summed E-state index contributed by atoms with van der Waals surface area (Å²) < 4.78 is 10.9. The second-order valence-electron chi connectivity index (χ2n) is 5.06. The van der Waals surface area contributed by atoms with Crippen LogP contribution in [0.25, 0.3) is 0 Å². The number of hydrogen-bond acceptors (Lipinski definition) is 5. The highest BCUT2D eigenvalue weighted by atomic mass is 16.5. The molecule has 2 heterocycles. The molecule has 2 aliphatic heterocycles. The van der Waals surface area contributed by atoms with Gasteiger partial charge in [-0.2, -0.15) is 5.26 Å². The van der Waals surface area contributed by atoms with Crippen LogP contribution in [0.5, 0.6) is 0 Å². The third-order valence-electron chi connectivity index (χ3n) is 3.50. The van der Waals surface area contributed by atoms with Gasteiger partial charge in [0.2, 0.25) is 0 Å². The van der Waals surface area contributed by atoms with Crippen molar-refractivity contribution in [3.63, 3.8) is 0 Å². The molecule has 2 atom stereocenters. The zero-order valence-electron chi connectivity index (χ0n) is 11.6. The van der Waals surface area contributed by atoms with Crippen molar-refractivity contribution < 1.29 is 14.3 Å². The Bertz CT molecular complexity index is 391. The van der Waals surface area contributed by atoms with Gasteiger partial charge in [0.05, 0.1) is 12.2 Å². The van der Waals surface area contributed by atoms with Gasteiger partial charge < -0.3 is 20.1 Å². The Morgan fingerprint density at radius 1 is 1.20 bits per heavy atom. The molecule has 0 aliphatic carbocycles. The maximum Gasteiger partial charge on any atom is 0.263 e. The van der Waals surface area contributed by atoms with E-state index >= 15 is 0 Å². The van der Waals surface area contributed by atoms with E-state index in [9.17, 15) is 4.79 Å². The van der Waals surface area contributed by atoms with Crippen LogP contribution in [0.4, 0.5) is 0 Å². The Balaban J connectivity index is 1.71. The fourth-order valence-corrected chi connectivity index (χ4v) is 2.35. The molecule has 0 aromatic heterocycles. The van der Waals surface area contributed by atoms with Crippen LogP contribution in [0, 0.1) is 11.3 Å². The average molecular weight is 279 g/mol. The van der Waals surface area contributed by atoms with Crippen molar-refractivity contribution in [3.8, 4) is 6.07 Å². The van der Waals surface area contributed by atoms with E-state index in [1.165, 1.54) is 6.20 Å². The lowest BCUT2D eigenvalue weighted by Crippen LogP contribution is -2.33. The van der Waals surface area contributed by atoms with Crippen LogP contribution >= 0.6 is 0 Å². The van der Waals surface area contributed by atoms with Crippen LogP contribution in [0.1, 0.15) is 25.7 Å². The van der Waals surface area contributed by atoms with E-state index < -0.39 is 0 Å². The smallest absolute Gasteiger partial charge is 0.263 e. The summed E-state index contributed by atoms with van der Waals surface area (Å²) in [5.41, 5.74) is 0.0843. The van der Waals surface area contributed by atoms with E-state index in [0.29, 0.717) is 13.1 Å². The summed E-state index contributed by atoms with van der Waals surface area (Å²) in [6.45, 7) is 2.64. The minimum Gasteiger partial charge on any atom is -0.387 e. The molecule has 0 aromatic rings. The van der Waals surface area contributed by atoms with Crippen LogP contribution in [-0.2, 0) is 14.3 Å². The highest BCUT2D eigenvalue weighted by Gasteiger charge is 2.18. The summed E-state index contributed by atoms with van der Waals surface area (Å²) >= 11 is 0. The summed E-state index contributed by atoms with van der Waals surface area (Å²) in [4.78, 5) is 11.8. The molecule has 6 nitrogen and oxygen atoms in total. The lowest BCUT2D eigenvalue weighted by Gasteiger charge is -2.11. The molecule has 0 spiro atoms. The lowest BCUT2D eigenvalue weighted by molar-refractivity contribution is -0.117. The van der Waals surface area contributed by atoms with Gasteiger partial charge in [0.15, 0.2) is 0 Å². The molecule has 0 radical (unpaired) electrons. The first kappa shape index (κ1) is 14.8. The minimum absolute atomic E-state index is 0.0822. The summed E-state index contributed by atoms with van der Waals surface area (Å²) in [6, 6.07) is 1.91. The summed E-state index contributed by atoms with van der Waals surface area (Å²) in [5, 5.41) is 14.7. The maximum absolute atomic E-state index is 11.8. The molecule has 2 unspecified atom stereocenters. The number of carbonyl (C=O) groups excluding carboxylic acids is 1. The van der Waals surface area contributed by atoms with Gasteiger partial charge in [-0.05, 0) is 25.7 Å². The Kier molecular flexibility index (Phi) is 5.84. The first-order valence-corrected chi connectivity index (χ1v) is 7.14. The van der Waals surface area contributed by atoms with E-state index in [1.807, 2.05) is 6.07 Å². The first-order chi connectivity index (χ1) is 9.79. The molecule has 2 rings (SSSR count). The highest BCUT2D eigenvalue weighted by molar-refractivity contribution is 5.97. The molecule has 2 N–H and O–H groups in total. The van der Waals surface area contributed by atoms with Gasteiger partial charge in [-0.25, -0.2) is 0 Å². The molecule has 0 bridgehead atoms. The van der Waals surface area contributed by atoms with Crippen LogP contribution in [-0.4, -0.2) is 44.4 Å². The van der Waals surface area contributed by atoms with Gasteiger partial charge in [-0.3, -0.25) is 4.79 Å². The minimum atomic E-state index is -0.358. The molecule has 0 aromatic carbocycles. The second kappa shape index (κ2) is 7.88. The average Bonchev–Trinajstić information content (AvgIpc) is 3.14. The SMILES string of the molecule is N#C/C(=C/NCC1CCCO1)C(=O)NCC1CCCO1. The van der Waals surface area contributed by atoms with E-state index in [0.717, 1.165) is 38.9 Å². The zero-order valence-corrected chi connectivity index (χ0v) is 11.6. The normalized spacial score (nSPS) is 26.2. The summed E-state index contributed by atoms with van der Waals surface area (Å²) in [7, 11) is 0. The largest absolute Gasteiger partial charge is 0.387 e. The highest BCUT2D eigenvalue weighted by Crippen LogP contribution is 2.11. The molecule has 2 aliphatic rings. The van der Waals surface area contributed by atoms with E-state index in [1.54, 1.807) is 0 Å². The second-order valence-corrected chi connectivity index (χ2v) is 5.06. The number of amides is 1. The van der Waals surface area contributed by atoms with Crippen molar-refractivity contribution in [2.45, 2.75) is 37.9 Å². The van der Waals surface area contributed by atoms with Crippen molar-refractivity contribution >= 4 is 5.91 Å². The van der Waals surface area contributed by atoms with Gasteiger partial charge >= 0.3 is 0 Å².